The van der Waals surface area contributed by atoms with Gasteiger partial charge in [-0.05, 0) is 23.6 Å². The zero-order valence-electron chi connectivity index (χ0n) is 8.74. The molecule has 0 saturated carbocycles. The summed E-state index contributed by atoms with van der Waals surface area (Å²) in [5, 5.41) is 2.70. The smallest absolute Gasteiger partial charge is 0.337 e. The summed E-state index contributed by atoms with van der Waals surface area (Å²) in [4.78, 5) is 15.6. The number of fused-ring (bicyclic) bond motifs is 1. The Morgan fingerprint density at radius 3 is 2.88 bits per heavy atom. The average Bonchev–Trinajstić information content (AvgIpc) is 2.36. The van der Waals surface area contributed by atoms with Crippen molar-refractivity contribution < 1.29 is 9.53 Å². The molecule has 0 atom stereocenters. The van der Waals surface area contributed by atoms with Crippen molar-refractivity contribution in [2.24, 2.45) is 0 Å². The van der Waals surface area contributed by atoms with Crippen molar-refractivity contribution in [3.8, 4) is 0 Å². The van der Waals surface area contributed by atoms with Crippen molar-refractivity contribution in [3.05, 3.63) is 41.7 Å². The molecule has 0 spiro atoms. The fraction of sp³-hybridized carbons (Fsp3) is 0.167. The largest absolute Gasteiger partial charge is 0.465 e. The van der Waals surface area contributed by atoms with Crippen molar-refractivity contribution in [2.45, 2.75) is 5.33 Å². The van der Waals surface area contributed by atoms with Crippen LogP contribution in [-0.4, -0.2) is 18.1 Å². The SMILES string of the molecule is COC(=O)c1ccc2cnc(CBr)cc2c1. The molecule has 1 aromatic heterocycles. The van der Waals surface area contributed by atoms with E-state index >= 15 is 0 Å². The van der Waals surface area contributed by atoms with Gasteiger partial charge in [-0.3, -0.25) is 4.98 Å². The van der Waals surface area contributed by atoms with Crippen LogP contribution in [-0.2, 0) is 10.1 Å². The fourth-order valence-corrected chi connectivity index (χ4v) is 1.81. The van der Waals surface area contributed by atoms with Crippen molar-refractivity contribution in [2.75, 3.05) is 7.11 Å². The molecule has 0 amide bonds. The summed E-state index contributed by atoms with van der Waals surface area (Å²) in [5.74, 6) is -0.320. The summed E-state index contributed by atoms with van der Waals surface area (Å²) in [5.41, 5.74) is 1.50. The molecule has 0 unspecified atom stereocenters. The molecule has 0 aliphatic rings. The molecular formula is C12H10BrNO2. The molecule has 2 aromatic rings. The van der Waals surface area contributed by atoms with Crippen molar-refractivity contribution in [3.63, 3.8) is 0 Å². The van der Waals surface area contributed by atoms with Crippen LogP contribution in [0.1, 0.15) is 16.1 Å². The molecule has 1 aromatic carbocycles. The van der Waals surface area contributed by atoms with E-state index in [1.807, 2.05) is 18.2 Å². The van der Waals surface area contributed by atoms with E-state index in [1.165, 1.54) is 7.11 Å². The number of esters is 1. The normalized spacial score (nSPS) is 10.4. The second-order valence-electron chi connectivity index (χ2n) is 3.36. The van der Waals surface area contributed by atoms with E-state index in [0.29, 0.717) is 10.9 Å². The summed E-state index contributed by atoms with van der Waals surface area (Å²) in [6.07, 6.45) is 1.80. The Morgan fingerprint density at radius 1 is 1.38 bits per heavy atom. The first-order valence-electron chi connectivity index (χ1n) is 4.77. The molecule has 0 aliphatic heterocycles. The Bertz CT molecular complexity index is 540. The minimum atomic E-state index is -0.320. The van der Waals surface area contributed by atoms with Crippen molar-refractivity contribution in [1.82, 2.24) is 4.98 Å². The third-order valence-corrected chi connectivity index (χ3v) is 2.91. The molecule has 0 bridgehead atoms. The number of hydrogen-bond acceptors (Lipinski definition) is 3. The minimum absolute atomic E-state index is 0.320. The monoisotopic (exact) mass is 279 g/mol. The van der Waals surface area contributed by atoms with Gasteiger partial charge in [0.25, 0.3) is 0 Å². The van der Waals surface area contributed by atoms with Crippen LogP contribution < -0.4 is 0 Å². The number of nitrogens with zero attached hydrogens (tertiary/aromatic N) is 1. The summed E-state index contributed by atoms with van der Waals surface area (Å²) >= 11 is 3.35. The Hall–Kier alpha value is -1.42. The van der Waals surface area contributed by atoms with Gasteiger partial charge in [0.2, 0.25) is 0 Å². The van der Waals surface area contributed by atoms with E-state index in [9.17, 15) is 4.79 Å². The Morgan fingerprint density at radius 2 is 2.19 bits per heavy atom. The van der Waals surface area contributed by atoms with Crippen LogP contribution >= 0.6 is 15.9 Å². The van der Waals surface area contributed by atoms with Crippen molar-refractivity contribution in [1.29, 1.82) is 0 Å². The first-order chi connectivity index (χ1) is 7.74. The molecule has 0 saturated heterocycles. The maximum absolute atomic E-state index is 11.4. The lowest BCUT2D eigenvalue weighted by molar-refractivity contribution is 0.0601. The Kier molecular flexibility index (Phi) is 3.19. The molecule has 3 nitrogen and oxygen atoms in total. The standard InChI is InChI=1S/C12H10BrNO2/c1-16-12(15)8-2-3-9-7-14-11(6-13)5-10(9)4-8/h2-5,7H,6H2,1H3. The van der Waals surface area contributed by atoms with Gasteiger partial charge in [-0.15, -0.1) is 0 Å². The van der Waals surface area contributed by atoms with E-state index in [-0.39, 0.29) is 5.97 Å². The molecule has 0 radical (unpaired) electrons. The van der Waals surface area contributed by atoms with Gasteiger partial charge in [-0.25, -0.2) is 4.79 Å². The second kappa shape index (κ2) is 4.61. The van der Waals surface area contributed by atoms with Gasteiger partial charge in [0.1, 0.15) is 0 Å². The number of rotatable bonds is 2. The lowest BCUT2D eigenvalue weighted by Crippen LogP contribution is -2.00. The van der Waals surface area contributed by atoms with Gasteiger partial charge in [0.15, 0.2) is 0 Å². The minimum Gasteiger partial charge on any atom is -0.465 e. The number of alkyl halides is 1. The van der Waals surface area contributed by atoms with Crippen LogP contribution in [0.4, 0.5) is 0 Å². The van der Waals surface area contributed by atoms with Crippen LogP contribution in [0.2, 0.25) is 0 Å². The number of aromatic nitrogens is 1. The third-order valence-electron chi connectivity index (χ3n) is 2.34. The summed E-state index contributed by atoms with van der Waals surface area (Å²) in [6, 6.07) is 7.38. The number of pyridine rings is 1. The summed E-state index contributed by atoms with van der Waals surface area (Å²) in [6.45, 7) is 0. The van der Waals surface area contributed by atoms with Crippen LogP contribution in [0.3, 0.4) is 0 Å². The number of methoxy groups -OCH3 is 1. The van der Waals surface area contributed by atoms with E-state index in [4.69, 9.17) is 0 Å². The van der Waals surface area contributed by atoms with Crippen LogP contribution in [0.5, 0.6) is 0 Å². The number of halogens is 1. The van der Waals surface area contributed by atoms with E-state index in [0.717, 1.165) is 16.5 Å². The first-order valence-corrected chi connectivity index (χ1v) is 5.89. The number of carbonyl (C=O) groups is 1. The van der Waals surface area contributed by atoms with E-state index in [1.54, 1.807) is 12.3 Å². The molecule has 0 fully saturated rings. The quantitative estimate of drug-likeness (QED) is 0.627. The number of ether oxygens (including phenoxy) is 1. The van der Waals surface area contributed by atoms with Crippen molar-refractivity contribution >= 4 is 32.7 Å². The zero-order valence-corrected chi connectivity index (χ0v) is 10.3. The Balaban J connectivity index is 2.54. The van der Waals surface area contributed by atoms with Gasteiger partial charge in [-0.2, -0.15) is 0 Å². The lowest BCUT2D eigenvalue weighted by atomic mass is 10.1. The van der Waals surface area contributed by atoms with E-state index < -0.39 is 0 Å². The molecule has 4 heteroatoms. The van der Waals surface area contributed by atoms with Crippen LogP contribution in [0.15, 0.2) is 30.5 Å². The van der Waals surface area contributed by atoms with Gasteiger partial charge in [-0.1, -0.05) is 22.0 Å². The Labute approximate surface area is 102 Å². The summed E-state index contributed by atoms with van der Waals surface area (Å²) < 4.78 is 4.68. The highest BCUT2D eigenvalue weighted by Crippen LogP contribution is 2.17. The van der Waals surface area contributed by atoms with Crippen LogP contribution in [0.25, 0.3) is 10.8 Å². The molecular weight excluding hydrogens is 270 g/mol. The summed E-state index contributed by atoms with van der Waals surface area (Å²) in [7, 11) is 1.38. The fourth-order valence-electron chi connectivity index (χ4n) is 1.50. The maximum atomic E-state index is 11.4. The predicted octanol–water partition coefficient (Wildman–Crippen LogP) is 2.92. The highest BCUT2D eigenvalue weighted by Gasteiger charge is 2.06. The highest BCUT2D eigenvalue weighted by molar-refractivity contribution is 9.08. The van der Waals surface area contributed by atoms with Gasteiger partial charge in [0.05, 0.1) is 18.4 Å². The van der Waals surface area contributed by atoms with Crippen LogP contribution in [0, 0.1) is 0 Å². The van der Waals surface area contributed by atoms with Gasteiger partial charge >= 0.3 is 5.97 Å². The zero-order chi connectivity index (χ0) is 11.5. The number of hydrogen-bond donors (Lipinski definition) is 0. The predicted molar refractivity (Wildman–Crippen MR) is 65.7 cm³/mol. The molecule has 2 rings (SSSR count). The highest BCUT2D eigenvalue weighted by atomic mass is 79.9. The molecule has 16 heavy (non-hydrogen) atoms. The third kappa shape index (κ3) is 2.07. The first kappa shape index (κ1) is 11.1. The lowest BCUT2D eigenvalue weighted by Gasteiger charge is -2.03. The molecule has 0 aliphatic carbocycles. The molecule has 0 N–H and O–H groups in total. The van der Waals surface area contributed by atoms with Gasteiger partial charge in [0, 0.05) is 16.9 Å². The number of carbonyl (C=O) groups excluding carboxylic acids is 1. The average molecular weight is 280 g/mol. The topological polar surface area (TPSA) is 39.2 Å². The van der Waals surface area contributed by atoms with Gasteiger partial charge < -0.3 is 4.74 Å². The molecule has 1 heterocycles. The molecule has 82 valence electrons. The van der Waals surface area contributed by atoms with E-state index in [2.05, 4.69) is 25.7 Å². The maximum Gasteiger partial charge on any atom is 0.337 e. The second-order valence-corrected chi connectivity index (χ2v) is 3.92. The number of benzene rings is 1.